The Kier molecular flexibility index (Phi) is 4.21. The summed E-state index contributed by atoms with van der Waals surface area (Å²) in [7, 11) is 3.10. The topological polar surface area (TPSA) is 65.1 Å². The van der Waals surface area contributed by atoms with E-state index in [4.69, 9.17) is 0 Å². The number of halogens is 3. The summed E-state index contributed by atoms with van der Waals surface area (Å²) in [5.74, 6) is -0.255. The zero-order chi connectivity index (χ0) is 18.4. The monoisotopic (exact) mass is 357 g/mol. The Morgan fingerprint density at radius 1 is 1.24 bits per heavy atom. The molecule has 0 N–H and O–H groups in total. The van der Waals surface area contributed by atoms with Crippen LogP contribution in [0.4, 0.5) is 13.2 Å². The summed E-state index contributed by atoms with van der Waals surface area (Å²) in [5.41, 5.74) is -0.899. The van der Waals surface area contributed by atoms with Crippen LogP contribution in [0.3, 0.4) is 0 Å². The highest BCUT2D eigenvalue weighted by Crippen LogP contribution is 2.29. The minimum Gasteiger partial charge on any atom is -0.337 e. The average Bonchev–Trinajstić information content (AvgIpc) is 3.16. The van der Waals surface area contributed by atoms with Crippen molar-refractivity contribution in [2.45, 2.75) is 25.1 Å². The maximum atomic E-state index is 12.6. The normalized spacial score (nSPS) is 16.4. The lowest BCUT2D eigenvalue weighted by molar-refractivity contribution is -0.141. The molecular weight excluding hydrogens is 339 g/mol. The van der Waals surface area contributed by atoms with Crippen molar-refractivity contribution in [1.29, 1.82) is 0 Å². The third-order valence-corrected chi connectivity index (χ3v) is 4.51. The summed E-state index contributed by atoms with van der Waals surface area (Å²) in [5, 5.41) is 3.60. The lowest BCUT2D eigenvalue weighted by Crippen LogP contribution is -2.40. The van der Waals surface area contributed by atoms with Gasteiger partial charge in [-0.05, 0) is 18.9 Å². The molecule has 0 unspecified atom stereocenters. The summed E-state index contributed by atoms with van der Waals surface area (Å²) in [4.78, 5) is 25.9. The average molecular weight is 357 g/mol. The van der Waals surface area contributed by atoms with Gasteiger partial charge >= 0.3 is 11.9 Å². The molecule has 25 heavy (non-hydrogen) atoms. The van der Waals surface area contributed by atoms with E-state index in [2.05, 4.69) is 5.10 Å². The molecule has 1 fully saturated rings. The number of aryl methyl sites for hydroxylation is 1. The second-order valence-electron chi connectivity index (χ2n) is 6.17. The van der Waals surface area contributed by atoms with Crippen molar-refractivity contribution in [2.24, 2.45) is 14.1 Å². The first-order valence-corrected chi connectivity index (χ1v) is 7.82. The van der Waals surface area contributed by atoms with E-state index in [1.54, 1.807) is 11.9 Å². The van der Waals surface area contributed by atoms with E-state index in [0.717, 1.165) is 6.07 Å². The second kappa shape index (κ2) is 6.08. The first kappa shape index (κ1) is 17.3. The summed E-state index contributed by atoms with van der Waals surface area (Å²) in [6.45, 7) is 0.793. The van der Waals surface area contributed by atoms with Crippen LogP contribution in [0.1, 0.15) is 35.1 Å². The Morgan fingerprint density at radius 2 is 1.88 bits per heavy atom. The Labute approximate surface area is 141 Å². The number of aromatic nitrogens is 4. The Hall–Kier alpha value is -2.52. The molecule has 2 aromatic rings. The Bertz CT molecular complexity index is 840. The number of rotatable bonds is 2. The first-order chi connectivity index (χ1) is 11.7. The second-order valence-corrected chi connectivity index (χ2v) is 6.17. The zero-order valence-corrected chi connectivity index (χ0v) is 13.8. The Morgan fingerprint density at radius 3 is 2.36 bits per heavy atom. The number of likely N-dealkylation sites (tertiary alicyclic amines) is 1. The van der Waals surface area contributed by atoms with E-state index in [-0.39, 0.29) is 17.6 Å². The van der Waals surface area contributed by atoms with Crippen LogP contribution in [0.5, 0.6) is 0 Å². The minimum atomic E-state index is -4.46. The third kappa shape index (κ3) is 3.20. The molecule has 3 heterocycles. The summed E-state index contributed by atoms with van der Waals surface area (Å²) in [6.07, 6.45) is -0.636. The van der Waals surface area contributed by atoms with Gasteiger partial charge in [-0.15, -0.1) is 0 Å². The third-order valence-electron chi connectivity index (χ3n) is 4.51. The van der Waals surface area contributed by atoms with Gasteiger partial charge < -0.3 is 9.47 Å². The molecule has 0 spiro atoms. The molecule has 0 bridgehead atoms. The predicted molar refractivity (Wildman–Crippen MR) is 82.1 cm³/mol. The predicted octanol–water partition coefficient (Wildman–Crippen LogP) is 1.42. The maximum Gasteiger partial charge on any atom is 0.435 e. The SMILES string of the molecule is Cn1cc(C(=O)N2CCC(n3ccc(C(F)(F)F)n3)CC2)n(C)c1=O. The number of hydrogen-bond acceptors (Lipinski definition) is 3. The largest absolute Gasteiger partial charge is 0.435 e. The summed E-state index contributed by atoms with van der Waals surface area (Å²) in [6, 6.07) is 0.775. The molecule has 2 aromatic heterocycles. The molecule has 3 rings (SSSR count). The van der Waals surface area contributed by atoms with Gasteiger partial charge in [0.1, 0.15) is 5.69 Å². The van der Waals surface area contributed by atoms with Crippen LogP contribution in [-0.2, 0) is 20.3 Å². The van der Waals surface area contributed by atoms with Crippen molar-refractivity contribution in [2.75, 3.05) is 13.1 Å². The first-order valence-electron chi connectivity index (χ1n) is 7.82. The minimum absolute atomic E-state index is 0.181. The van der Waals surface area contributed by atoms with Crippen LogP contribution >= 0.6 is 0 Å². The van der Waals surface area contributed by atoms with Crippen molar-refractivity contribution >= 4 is 5.91 Å². The lowest BCUT2D eigenvalue weighted by Gasteiger charge is -2.32. The standard InChI is InChI=1S/C15H18F3N5O2/c1-20-9-11(21(2)14(20)25)13(24)22-6-3-10(4-7-22)23-8-5-12(19-23)15(16,17)18/h5,8-10H,3-4,6-7H2,1-2H3. The van der Waals surface area contributed by atoms with Gasteiger partial charge in [0.2, 0.25) is 0 Å². The van der Waals surface area contributed by atoms with Gasteiger partial charge in [0.15, 0.2) is 5.69 Å². The lowest BCUT2D eigenvalue weighted by atomic mass is 10.1. The highest BCUT2D eigenvalue weighted by atomic mass is 19.4. The van der Waals surface area contributed by atoms with Gasteiger partial charge in [-0.1, -0.05) is 0 Å². The number of imidazole rings is 1. The fourth-order valence-electron chi connectivity index (χ4n) is 3.05. The highest BCUT2D eigenvalue weighted by molar-refractivity contribution is 5.92. The molecule has 0 aliphatic carbocycles. The molecule has 136 valence electrons. The van der Waals surface area contributed by atoms with Crippen molar-refractivity contribution in [3.63, 3.8) is 0 Å². The molecule has 0 radical (unpaired) electrons. The van der Waals surface area contributed by atoms with Crippen LogP contribution in [0, 0.1) is 0 Å². The van der Waals surface area contributed by atoms with E-state index in [0.29, 0.717) is 31.6 Å². The van der Waals surface area contributed by atoms with E-state index >= 15 is 0 Å². The molecule has 1 saturated heterocycles. The number of piperidine rings is 1. The molecule has 0 saturated carbocycles. The van der Waals surface area contributed by atoms with Crippen molar-refractivity contribution < 1.29 is 18.0 Å². The summed E-state index contributed by atoms with van der Waals surface area (Å²) < 4.78 is 41.9. The number of carbonyl (C=O) groups excluding carboxylic acids is 1. The van der Waals surface area contributed by atoms with Gasteiger partial charge in [0.25, 0.3) is 5.91 Å². The van der Waals surface area contributed by atoms with E-state index in [9.17, 15) is 22.8 Å². The smallest absolute Gasteiger partial charge is 0.337 e. The molecule has 0 atom stereocenters. The van der Waals surface area contributed by atoms with Crippen LogP contribution in [0.25, 0.3) is 0 Å². The van der Waals surface area contributed by atoms with Crippen LogP contribution in [0.2, 0.25) is 0 Å². The zero-order valence-electron chi connectivity index (χ0n) is 13.8. The molecular formula is C15H18F3N5O2. The van der Waals surface area contributed by atoms with E-state index in [1.807, 2.05) is 0 Å². The van der Waals surface area contributed by atoms with Gasteiger partial charge in [0, 0.05) is 39.6 Å². The molecule has 1 aliphatic heterocycles. The van der Waals surface area contributed by atoms with Gasteiger partial charge in [-0.3, -0.25) is 14.0 Å². The van der Waals surface area contributed by atoms with Crippen molar-refractivity contribution in [3.05, 3.63) is 40.3 Å². The quantitative estimate of drug-likeness (QED) is 0.817. The van der Waals surface area contributed by atoms with Crippen molar-refractivity contribution in [3.8, 4) is 0 Å². The van der Waals surface area contributed by atoms with Gasteiger partial charge in [-0.2, -0.15) is 18.3 Å². The summed E-state index contributed by atoms with van der Waals surface area (Å²) >= 11 is 0. The number of hydrogen-bond donors (Lipinski definition) is 0. The highest BCUT2D eigenvalue weighted by Gasteiger charge is 2.35. The fraction of sp³-hybridized carbons (Fsp3) is 0.533. The van der Waals surface area contributed by atoms with Gasteiger partial charge in [-0.25, -0.2) is 4.79 Å². The Balaban J connectivity index is 1.67. The van der Waals surface area contributed by atoms with Crippen LogP contribution in [0.15, 0.2) is 23.3 Å². The van der Waals surface area contributed by atoms with E-state index in [1.165, 1.54) is 33.3 Å². The number of amides is 1. The number of nitrogens with zero attached hydrogens (tertiary/aromatic N) is 5. The molecule has 7 nitrogen and oxygen atoms in total. The van der Waals surface area contributed by atoms with Crippen molar-refractivity contribution in [1.82, 2.24) is 23.8 Å². The fourth-order valence-corrected chi connectivity index (χ4v) is 3.05. The van der Waals surface area contributed by atoms with Crippen LogP contribution < -0.4 is 5.69 Å². The number of alkyl halides is 3. The van der Waals surface area contributed by atoms with Crippen LogP contribution in [-0.4, -0.2) is 42.8 Å². The molecule has 1 aliphatic rings. The molecule has 1 amide bonds. The maximum absolute atomic E-state index is 12.6. The van der Waals surface area contributed by atoms with Gasteiger partial charge in [0.05, 0.1) is 6.04 Å². The number of carbonyl (C=O) groups is 1. The molecule has 10 heteroatoms. The van der Waals surface area contributed by atoms with E-state index < -0.39 is 11.9 Å². The molecule has 0 aromatic carbocycles.